The third-order valence-electron chi connectivity index (χ3n) is 4.07. The standard InChI is InChI=1S/C21H31N3O3/c1-4-22-20(24-16-21(3,25)19-11-8-12-27-19)23-13-17(2)14-26-15-18-9-6-5-7-10-18/h5-12,17,25H,4,13-16H2,1-3H3,(H2,22,23,24). The maximum absolute atomic E-state index is 10.5. The van der Waals surface area contributed by atoms with Crippen LogP contribution in [0.15, 0.2) is 58.1 Å². The molecule has 148 valence electrons. The highest BCUT2D eigenvalue weighted by atomic mass is 16.5. The smallest absolute Gasteiger partial charge is 0.191 e. The van der Waals surface area contributed by atoms with E-state index in [0.29, 0.717) is 30.9 Å². The molecule has 3 N–H and O–H groups in total. The van der Waals surface area contributed by atoms with Crippen LogP contribution >= 0.6 is 0 Å². The summed E-state index contributed by atoms with van der Waals surface area (Å²) in [6.45, 7) is 8.77. The van der Waals surface area contributed by atoms with Crippen LogP contribution in [0.3, 0.4) is 0 Å². The molecule has 1 aromatic carbocycles. The topological polar surface area (TPSA) is 79.0 Å². The summed E-state index contributed by atoms with van der Waals surface area (Å²) in [5.41, 5.74) is 0.0312. The van der Waals surface area contributed by atoms with Crippen LogP contribution in [0, 0.1) is 5.92 Å². The summed E-state index contributed by atoms with van der Waals surface area (Å²) < 4.78 is 11.1. The number of nitrogens with zero attached hydrogens (tertiary/aromatic N) is 1. The lowest BCUT2D eigenvalue weighted by molar-refractivity contribution is 0.0436. The van der Waals surface area contributed by atoms with Crippen molar-refractivity contribution in [2.45, 2.75) is 33.0 Å². The zero-order valence-electron chi connectivity index (χ0n) is 16.4. The quantitative estimate of drug-likeness (QED) is 0.441. The molecular formula is C21H31N3O3. The summed E-state index contributed by atoms with van der Waals surface area (Å²) in [5.74, 6) is 1.49. The first kappa shape index (κ1) is 21.0. The van der Waals surface area contributed by atoms with Crippen molar-refractivity contribution in [3.05, 3.63) is 60.1 Å². The maximum atomic E-state index is 10.5. The third kappa shape index (κ3) is 7.45. The maximum Gasteiger partial charge on any atom is 0.191 e. The van der Waals surface area contributed by atoms with Crippen LogP contribution in [0.1, 0.15) is 32.1 Å². The van der Waals surface area contributed by atoms with Gasteiger partial charge < -0.3 is 24.9 Å². The molecule has 0 bridgehead atoms. The fraction of sp³-hybridized carbons (Fsp3) is 0.476. The second-order valence-electron chi connectivity index (χ2n) is 6.93. The molecule has 0 aliphatic rings. The van der Waals surface area contributed by atoms with Gasteiger partial charge >= 0.3 is 0 Å². The summed E-state index contributed by atoms with van der Waals surface area (Å²) >= 11 is 0. The number of aliphatic hydroxyl groups is 1. The molecule has 0 aliphatic carbocycles. The fourth-order valence-electron chi connectivity index (χ4n) is 2.52. The highest BCUT2D eigenvalue weighted by Crippen LogP contribution is 2.21. The predicted molar refractivity (Wildman–Crippen MR) is 108 cm³/mol. The van der Waals surface area contributed by atoms with Crippen molar-refractivity contribution in [1.29, 1.82) is 0 Å². The molecule has 2 unspecified atom stereocenters. The number of benzene rings is 1. The number of aliphatic imine (C=N–C) groups is 1. The summed E-state index contributed by atoms with van der Waals surface area (Å²) in [7, 11) is 0. The van der Waals surface area contributed by atoms with Crippen LogP contribution in [0.4, 0.5) is 0 Å². The second kappa shape index (κ2) is 10.7. The molecule has 6 heteroatoms. The number of rotatable bonds is 10. The van der Waals surface area contributed by atoms with Crippen molar-refractivity contribution >= 4 is 5.96 Å². The van der Waals surface area contributed by atoms with Crippen molar-refractivity contribution < 1.29 is 14.3 Å². The van der Waals surface area contributed by atoms with E-state index in [9.17, 15) is 5.11 Å². The van der Waals surface area contributed by atoms with Gasteiger partial charge in [-0.3, -0.25) is 0 Å². The molecule has 27 heavy (non-hydrogen) atoms. The average molecular weight is 373 g/mol. The number of nitrogens with one attached hydrogen (secondary N) is 2. The first-order valence-corrected chi connectivity index (χ1v) is 9.41. The molecule has 1 heterocycles. The van der Waals surface area contributed by atoms with Crippen molar-refractivity contribution in [2.75, 3.05) is 26.2 Å². The lowest BCUT2D eigenvalue weighted by atomic mass is 10.0. The minimum absolute atomic E-state index is 0.203. The van der Waals surface area contributed by atoms with Gasteiger partial charge in [-0.15, -0.1) is 0 Å². The second-order valence-corrected chi connectivity index (χ2v) is 6.93. The van der Waals surface area contributed by atoms with Gasteiger partial charge in [0, 0.05) is 13.1 Å². The molecule has 0 fully saturated rings. The Labute approximate surface area is 161 Å². The van der Waals surface area contributed by atoms with Crippen molar-refractivity contribution in [3.8, 4) is 0 Å². The van der Waals surface area contributed by atoms with E-state index in [4.69, 9.17) is 9.15 Å². The molecule has 0 radical (unpaired) electrons. The van der Waals surface area contributed by atoms with E-state index in [1.807, 2.05) is 25.1 Å². The Morgan fingerprint density at radius 3 is 2.67 bits per heavy atom. The molecule has 0 spiro atoms. The molecule has 1 aromatic heterocycles. The fourth-order valence-corrected chi connectivity index (χ4v) is 2.52. The lowest BCUT2D eigenvalue weighted by Gasteiger charge is -2.20. The first-order chi connectivity index (χ1) is 13.0. The molecule has 0 aliphatic heterocycles. The summed E-state index contributed by atoms with van der Waals surface area (Å²) in [5, 5.41) is 17.0. The van der Waals surface area contributed by atoms with E-state index in [2.05, 4.69) is 34.7 Å². The normalized spacial score (nSPS) is 15.2. The molecule has 0 saturated heterocycles. The minimum atomic E-state index is -1.14. The molecular weight excluding hydrogens is 342 g/mol. The monoisotopic (exact) mass is 373 g/mol. The third-order valence-corrected chi connectivity index (χ3v) is 4.07. The van der Waals surface area contributed by atoms with Crippen LogP contribution in [-0.2, 0) is 16.9 Å². The Bertz CT molecular complexity index is 669. The highest BCUT2D eigenvalue weighted by Gasteiger charge is 2.26. The van der Waals surface area contributed by atoms with Gasteiger partial charge in [-0.1, -0.05) is 37.3 Å². The van der Waals surface area contributed by atoms with Gasteiger partial charge in [-0.2, -0.15) is 0 Å². The molecule has 0 saturated carbocycles. The Morgan fingerprint density at radius 1 is 1.22 bits per heavy atom. The zero-order chi connectivity index (χ0) is 19.5. The van der Waals surface area contributed by atoms with Gasteiger partial charge in [-0.05, 0) is 37.5 Å². The summed E-state index contributed by atoms with van der Waals surface area (Å²) in [6, 6.07) is 13.7. The van der Waals surface area contributed by atoms with Crippen LogP contribution in [0.5, 0.6) is 0 Å². The minimum Gasteiger partial charge on any atom is -0.466 e. The Balaban J connectivity index is 1.77. The number of hydrogen-bond acceptors (Lipinski definition) is 4. The van der Waals surface area contributed by atoms with Gasteiger partial charge in [0.2, 0.25) is 0 Å². The number of furan rings is 1. The Hall–Kier alpha value is -2.31. The Morgan fingerprint density at radius 2 is 2.00 bits per heavy atom. The molecule has 2 rings (SSSR count). The van der Waals surface area contributed by atoms with E-state index in [-0.39, 0.29) is 6.54 Å². The van der Waals surface area contributed by atoms with Crippen LogP contribution in [0.25, 0.3) is 0 Å². The van der Waals surface area contributed by atoms with E-state index in [0.717, 1.165) is 13.1 Å². The average Bonchev–Trinajstić information content (AvgIpc) is 3.21. The first-order valence-electron chi connectivity index (χ1n) is 9.41. The van der Waals surface area contributed by atoms with E-state index in [1.165, 1.54) is 5.56 Å². The SMILES string of the molecule is CCNC(=NCC(C)(O)c1ccco1)NCC(C)COCc1ccccc1. The highest BCUT2D eigenvalue weighted by molar-refractivity contribution is 5.79. The molecule has 6 nitrogen and oxygen atoms in total. The van der Waals surface area contributed by atoms with Crippen molar-refractivity contribution in [1.82, 2.24) is 10.6 Å². The Kier molecular flexibility index (Phi) is 8.36. The van der Waals surface area contributed by atoms with Gasteiger partial charge in [0.25, 0.3) is 0 Å². The van der Waals surface area contributed by atoms with Crippen LogP contribution in [-0.4, -0.2) is 37.3 Å². The molecule has 2 atom stereocenters. The van der Waals surface area contributed by atoms with Gasteiger partial charge in [0.15, 0.2) is 5.96 Å². The van der Waals surface area contributed by atoms with Gasteiger partial charge in [-0.25, -0.2) is 4.99 Å². The predicted octanol–water partition coefficient (Wildman–Crippen LogP) is 2.90. The zero-order valence-corrected chi connectivity index (χ0v) is 16.4. The summed E-state index contributed by atoms with van der Waals surface area (Å²) in [6.07, 6.45) is 1.55. The number of ether oxygens (including phenoxy) is 1. The van der Waals surface area contributed by atoms with Crippen molar-refractivity contribution in [2.24, 2.45) is 10.9 Å². The van der Waals surface area contributed by atoms with Crippen LogP contribution in [0.2, 0.25) is 0 Å². The van der Waals surface area contributed by atoms with Crippen molar-refractivity contribution in [3.63, 3.8) is 0 Å². The molecule has 2 aromatic rings. The van der Waals surface area contributed by atoms with Gasteiger partial charge in [0.05, 0.1) is 26.0 Å². The molecule has 0 amide bonds. The van der Waals surface area contributed by atoms with E-state index < -0.39 is 5.60 Å². The van der Waals surface area contributed by atoms with E-state index in [1.54, 1.807) is 25.3 Å². The number of hydrogen-bond donors (Lipinski definition) is 3. The van der Waals surface area contributed by atoms with Crippen LogP contribution < -0.4 is 10.6 Å². The van der Waals surface area contributed by atoms with E-state index >= 15 is 0 Å². The lowest BCUT2D eigenvalue weighted by Crippen LogP contribution is -2.41. The largest absolute Gasteiger partial charge is 0.466 e. The summed E-state index contributed by atoms with van der Waals surface area (Å²) in [4.78, 5) is 4.48. The number of guanidine groups is 1. The van der Waals surface area contributed by atoms with Gasteiger partial charge in [0.1, 0.15) is 11.4 Å².